The summed E-state index contributed by atoms with van der Waals surface area (Å²) in [7, 11) is 6.69. The van der Waals surface area contributed by atoms with Gasteiger partial charge in [-0.15, -0.1) is 0 Å². The van der Waals surface area contributed by atoms with Gasteiger partial charge in [-0.2, -0.15) is 13.2 Å². The van der Waals surface area contributed by atoms with E-state index in [1.54, 1.807) is 19.2 Å². The molecule has 2 amide bonds. The molecule has 2 radical (unpaired) electrons. The average molecular weight is 526 g/mol. The third-order valence-electron chi connectivity index (χ3n) is 6.22. The number of halogens is 3. The zero-order valence-electron chi connectivity index (χ0n) is 22.1. The summed E-state index contributed by atoms with van der Waals surface area (Å²) in [5, 5.41) is 8.39. The Morgan fingerprint density at radius 2 is 1.74 bits per heavy atom. The number of carbonyl (C=O) groups excluding carboxylic acids is 1. The van der Waals surface area contributed by atoms with Gasteiger partial charge in [0, 0.05) is 5.69 Å². The van der Waals surface area contributed by atoms with E-state index in [0.29, 0.717) is 28.4 Å². The minimum atomic E-state index is -4.51. The number of rotatable bonds is 12. The van der Waals surface area contributed by atoms with Crippen molar-refractivity contribution < 1.29 is 18.0 Å². The van der Waals surface area contributed by atoms with E-state index in [0.717, 1.165) is 44.2 Å². The maximum atomic E-state index is 12.9. The second-order valence-electron chi connectivity index (χ2n) is 9.57. The van der Waals surface area contributed by atoms with Gasteiger partial charge in [0.15, 0.2) is 5.65 Å². The van der Waals surface area contributed by atoms with Gasteiger partial charge in [0.1, 0.15) is 19.2 Å². The van der Waals surface area contributed by atoms with Crippen molar-refractivity contribution in [3.63, 3.8) is 0 Å². The lowest BCUT2D eigenvalue weighted by atomic mass is 9.70. The second-order valence-corrected chi connectivity index (χ2v) is 9.57. The Kier molecular flexibility index (Phi) is 9.93. The lowest BCUT2D eigenvalue weighted by Gasteiger charge is -2.32. The standard InChI is InChI=1S/C27H34BF3N6O/c1-4-6-7-8-9-14-26(28,13-5-2)37-23-17-32-22-16-21(18(3)33-24(22)36-23)35-25(38)34-20-12-10-11-19(15-20)27(29,30)31/h10-12,15-17H,4-9,13-14H2,1-3H3,(H,33,36,37)(H2,34,35,38). The van der Waals surface area contributed by atoms with E-state index in [1.165, 1.54) is 31.4 Å². The topological polar surface area (TPSA) is 91.8 Å². The number of hydrogen-bond acceptors (Lipinski definition) is 5. The summed E-state index contributed by atoms with van der Waals surface area (Å²) < 4.78 is 38.8. The minimum Gasteiger partial charge on any atom is -0.372 e. The minimum absolute atomic E-state index is 0.0157. The number of unbranched alkanes of at least 4 members (excludes halogenated alkanes) is 4. The van der Waals surface area contributed by atoms with E-state index >= 15 is 0 Å². The number of fused-ring (bicyclic) bond motifs is 1. The molecule has 0 saturated heterocycles. The number of benzene rings is 1. The lowest BCUT2D eigenvalue weighted by Crippen LogP contribution is -2.39. The Labute approximate surface area is 222 Å². The molecule has 38 heavy (non-hydrogen) atoms. The molecule has 1 unspecified atom stereocenters. The predicted molar refractivity (Wildman–Crippen MR) is 147 cm³/mol. The number of anilines is 3. The highest BCUT2D eigenvalue weighted by atomic mass is 19.4. The first-order valence-corrected chi connectivity index (χ1v) is 13.0. The zero-order valence-corrected chi connectivity index (χ0v) is 22.1. The Hall–Kier alpha value is -3.37. The van der Waals surface area contributed by atoms with Crippen LogP contribution in [0.15, 0.2) is 36.5 Å². The molecule has 202 valence electrons. The molecule has 0 aliphatic heterocycles. The maximum absolute atomic E-state index is 12.9. The van der Waals surface area contributed by atoms with Gasteiger partial charge in [-0.3, -0.25) is 0 Å². The number of carbonyl (C=O) groups is 1. The monoisotopic (exact) mass is 526 g/mol. The average Bonchev–Trinajstić information content (AvgIpc) is 2.84. The molecular formula is C27H34BF3N6O. The summed E-state index contributed by atoms with van der Waals surface area (Å²) in [6.07, 6.45) is 5.40. The normalized spacial score (nSPS) is 13.2. The van der Waals surface area contributed by atoms with Crippen LogP contribution in [0.4, 0.5) is 35.2 Å². The lowest BCUT2D eigenvalue weighted by molar-refractivity contribution is -0.137. The number of alkyl halides is 3. The van der Waals surface area contributed by atoms with E-state index in [-0.39, 0.29) is 5.69 Å². The molecule has 0 fully saturated rings. The van der Waals surface area contributed by atoms with Crippen molar-refractivity contribution in [3.05, 3.63) is 47.8 Å². The van der Waals surface area contributed by atoms with Crippen molar-refractivity contribution in [3.8, 4) is 0 Å². The molecule has 2 heterocycles. The van der Waals surface area contributed by atoms with Crippen molar-refractivity contribution >= 4 is 42.2 Å². The van der Waals surface area contributed by atoms with Crippen LogP contribution >= 0.6 is 0 Å². The Bertz CT molecular complexity index is 1240. The van der Waals surface area contributed by atoms with Crippen molar-refractivity contribution in [1.82, 2.24) is 15.0 Å². The van der Waals surface area contributed by atoms with E-state index in [1.807, 2.05) is 0 Å². The smallest absolute Gasteiger partial charge is 0.372 e. The van der Waals surface area contributed by atoms with E-state index < -0.39 is 23.2 Å². The second kappa shape index (κ2) is 12.9. The molecule has 7 nitrogen and oxygen atoms in total. The molecule has 3 N–H and O–H groups in total. The van der Waals surface area contributed by atoms with Gasteiger partial charge in [-0.25, -0.2) is 19.7 Å². The molecule has 1 aromatic carbocycles. The van der Waals surface area contributed by atoms with Crippen LogP contribution in [0, 0.1) is 6.92 Å². The van der Waals surface area contributed by atoms with Crippen molar-refractivity contribution in [2.24, 2.45) is 0 Å². The molecule has 11 heteroatoms. The molecule has 1 atom stereocenters. The van der Waals surface area contributed by atoms with E-state index in [9.17, 15) is 18.0 Å². The van der Waals surface area contributed by atoms with Gasteiger partial charge in [0.25, 0.3) is 0 Å². The van der Waals surface area contributed by atoms with Gasteiger partial charge in [0.2, 0.25) is 0 Å². The summed E-state index contributed by atoms with van der Waals surface area (Å²) in [6, 6.07) is 5.33. The van der Waals surface area contributed by atoms with Gasteiger partial charge in [-0.1, -0.05) is 58.4 Å². The molecule has 3 rings (SSSR count). The van der Waals surface area contributed by atoms with Crippen LogP contribution in [0.1, 0.15) is 76.5 Å². The fraction of sp³-hybridized carbons (Fsp3) is 0.481. The number of hydrogen-bond donors (Lipinski definition) is 3. The third kappa shape index (κ3) is 8.32. The number of nitrogens with one attached hydrogen (secondary N) is 3. The number of amides is 2. The highest BCUT2D eigenvalue weighted by molar-refractivity contribution is 6.16. The Balaban J connectivity index is 1.70. The fourth-order valence-corrected chi connectivity index (χ4v) is 4.27. The quantitative estimate of drug-likeness (QED) is 0.169. The van der Waals surface area contributed by atoms with Crippen LogP contribution in [-0.2, 0) is 6.18 Å². The van der Waals surface area contributed by atoms with Gasteiger partial charge < -0.3 is 16.0 Å². The predicted octanol–water partition coefficient (Wildman–Crippen LogP) is 7.43. The number of pyridine rings is 1. The van der Waals surface area contributed by atoms with Gasteiger partial charge in [-0.05, 0) is 49.5 Å². The van der Waals surface area contributed by atoms with Gasteiger partial charge in [0.05, 0.1) is 23.1 Å². The van der Waals surface area contributed by atoms with Crippen LogP contribution in [-0.4, -0.2) is 34.3 Å². The summed E-state index contributed by atoms with van der Waals surface area (Å²) in [6.45, 7) is 5.98. The molecule has 0 saturated carbocycles. The van der Waals surface area contributed by atoms with Crippen LogP contribution in [0.25, 0.3) is 11.2 Å². The molecular weight excluding hydrogens is 492 g/mol. The molecule has 0 aliphatic rings. The first-order chi connectivity index (χ1) is 18.0. The first-order valence-electron chi connectivity index (χ1n) is 13.0. The summed E-state index contributed by atoms with van der Waals surface area (Å²) >= 11 is 0. The van der Waals surface area contributed by atoms with Gasteiger partial charge >= 0.3 is 12.2 Å². The Morgan fingerprint density at radius 3 is 2.45 bits per heavy atom. The first kappa shape index (κ1) is 29.2. The molecule has 3 aromatic rings. The van der Waals surface area contributed by atoms with Crippen molar-refractivity contribution in [1.29, 1.82) is 0 Å². The van der Waals surface area contributed by atoms with Crippen LogP contribution in [0.2, 0.25) is 0 Å². The third-order valence-corrected chi connectivity index (χ3v) is 6.22. The van der Waals surface area contributed by atoms with Crippen molar-refractivity contribution in [2.75, 3.05) is 16.0 Å². The van der Waals surface area contributed by atoms with Crippen LogP contribution in [0.5, 0.6) is 0 Å². The molecule has 0 aliphatic carbocycles. The zero-order chi connectivity index (χ0) is 27.8. The number of nitrogens with zero attached hydrogens (tertiary/aromatic N) is 3. The Morgan fingerprint density at radius 1 is 0.974 bits per heavy atom. The highest BCUT2D eigenvalue weighted by Crippen LogP contribution is 2.31. The number of aryl methyl sites for hydroxylation is 1. The maximum Gasteiger partial charge on any atom is 0.416 e. The van der Waals surface area contributed by atoms with Crippen molar-refractivity contribution in [2.45, 2.75) is 83.8 Å². The number of aromatic nitrogens is 3. The summed E-state index contributed by atoms with van der Waals surface area (Å²) in [4.78, 5) is 25.9. The number of urea groups is 1. The largest absolute Gasteiger partial charge is 0.416 e. The fourth-order valence-electron chi connectivity index (χ4n) is 4.27. The van der Waals surface area contributed by atoms with E-state index in [4.69, 9.17) is 7.85 Å². The SMILES string of the molecule is [B]C(CCC)(CCCCCCC)Nc1cnc2cc(NC(=O)Nc3cccc(C(F)(F)F)c3)c(C)nc2n1. The molecule has 0 bridgehead atoms. The summed E-state index contributed by atoms with van der Waals surface area (Å²) in [5.41, 5.74) is 0.250. The molecule has 2 aromatic heterocycles. The molecule has 0 spiro atoms. The summed E-state index contributed by atoms with van der Waals surface area (Å²) in [5.74, 6) is 0.525. The highest BCUT2D eigenvalue weighted by Gasteiger charge is 2.30. The van der Waals surface area contributed by atoms with Crippen LogP contribution in [0.3, 0.4) is 0 Å². The van der Waals surface area contributed by atoms with Crippen LogP contribution < -0.4 is 16.0 Å². The van der Waals surface area contributed by atoms with E-state index in [2.05, 4.69) is 44.7 Å².